The number of anilines is 1. The lowest BCUT2D eigenvalue weighted by Gasteiger charge is -2.31. The molecule has 1 N–H and O–H groups in total. The topological polar surface area (TPSA) is 57.5 Å². The van der Waals surface area contributed by atoms with Gasteiger partial charge in [0.25, 0.3) is 0 Å². The van der Waals surface area contributed by atoms with Crippen LogP contribution in [0.3, 0.4) is 0 Å². The molecule has 1 aliphatic rings. The number of hydrogen-bond acceptors (Lipinski definition) is 4. The van der Waals surface area contributed by atoms with Gasteiger partial charge in [-0.2, -0.15) is 5.26 Å². The molecule has 2 aromatic carbocycles. The van der Waals surface area contributed by atoms with Crippen molar-refractivity contribution < 1.29 is 9.32 Å². The second kappa shape index (κ2) is 7.19. The van der Waals surface area contributed by atoms with Crippen LogP contribution < -0.4 is 9.80 Å². The highest BCUT2D eigenvalue weighted by Gasteiger charge is 2.25. The van der Waals surface area contributed by atoms with Gasteiger partial charge in [0.05, 0.1) is 39.1 Å². The third-order valence-corrected chi connectivity index (χ3v) is 5.24. The first-order chi connectivity index (χ1) is 12.8. The highest BCUT2D eigenvalue weighted by Crippen LogP contribution is 2.26. The van der Waals surface area contributed by atoms with Crippen molar-refractivity contribution in [2.45, 2.75) is 13.3 Å². The molecule has 5 nitrogen and oxygen atoms in total. The largest absolute Gasteiger partial charge is 0.423 e. The zero-order valence-electron chi connectivity index (χ0n) is 15.0. The number of quaternary nitrogens is 1. The van der Waals surface area contributed by atoms with Crippen LogP contribution in [0.4, 0.5) is 5.88 Å². The summed E-state index contributed by atoms with van der Waals surface area (Å²) in [6.07, 6.45) is 0.593. The molecule has 132 valence electrons. The molecule has 0 atom stereocenters. The molecule has 0 amide bonds. The van der Waals surface area contributed by atoms with E-state index < -0.39 is 0 Å². The molecular weight excluding hydrogens is 324 g/mol. The van der Waals surface area contributed by atoms with Crippen LogP contribution in [0.2, 0.25) is 0 Å². The van der Waals surface area contributed by atoms with Crippen LogP contribution in [-0.2, 0) is 6.42 Å². The second-order valence-electron chi connectivity index (χ2n) is 6.78. The van der Waals surface area contributed by atoms with Gasteiger partial charge in [0.15, 0.2) is 0 Å². The molecule has 4 rings (SSSR count). The number of nitrogens with zero attached hydrogens (tertiary/aromatic N) is 3. The molecule has 3 aromatic rings. The Labute approximate surface area is 153 Å². The maximum atomic E-state index is 9.49. The summed E-state index contributed by atoms with van der Waals surface area (Å²) < 4.78 is 6.05. The molecule has 0 bridgehead atoms. The molecule has 1 aliphatic heterocycles. The van der Waals surface area contributed by atoms with E-state index in [0.29, 0.717) is 23.9 Å². The van der Waals surface area contributed by atoms with Crippen molar-refractivity contribution in [3.05, 3.63) is 59.6 Å². The number of aromatic nitrogens is 1. The van der Waals surface area contributed by atoms with Gasteiger partial charge in [-0.1, -0.05) is 42.5 Å². The average Bonchev–Trinajstić information content (AvgIpc) is 3.11. The third kappa shape index (κ3) is 3.16. The van der Waals surface area contributed by atoms with Crippen LogP contribution >= 0.6 is 0 Å². The van der Waals surface area contributed by atoms with Crippen molar-refractivity contribution in [2.75, 3.05) is 37.6 Å². The standard InChI is InChI=1S/C21H22N4O/c1-2-24-10-12-25(13-11-24)21-19(15-22)23-20(26-21)14-17-8-5-7-16-6-3-4-9-18(16)17/h3-9H,2,10-14H2,1H3/p+1. The molecule has 1 saturated heterocycles. The minimum Gasteiger partial charge on any atom is -0.423 e. The first-order valence-corrected chi connectivity index (χ1v) is 9.23. The number of piperazine rings is 1. The molecule has 0 spiro atoms. The molecule has 0 unspecified atom stereocenters. The van der Waals surface area contributed by atoms with Gasteiger partial charge in [-0.25, -0.2) is 4.98 Å². The molecule has 0 saturated carbocycles. The van der Waals surface area contributed by atoms with E-state index in [-0.39, 0.29) is 0 Å². The summed E-state index contributed by atoms with van der Waals surface area (Å²) in [7, 11) is 0. The number of nitriles is 1. The minimum atomic E-state index is 0.403. The number of fused-ring (bicyclic) bond motifs is 1. The SMILES string of the molecule is CC[NH+]1CCN(c2oc(Cc3cccc4ccccc34)nc2C#N)CC1. The van der Waals surface area contributed by atoms with Gasteiger partial charge in [-0.15, -0.1) is 0 Å². The highest BCUT2D eigenvalue weighted by molar-refractivity contribution is 5.85. The molecule has 1 aromatic heterocycles. The van der Waals surface area contributed by atoms with Gasteiger partial charge in [0.1, 0.15) is 6.07 Å². The minimum absolute atomic E-state index is 0.403. The Hall–Kier alpha value is -2.84. The van der Waals surface area contributed by atoms with Crippen LogP contribution in [0.15, 0.2) is 46.9 Å². The summed E-state index contributed by atoms with van der Waals surface area (Å²) in [5.41, 5.74) is 1.57. The Morgan fingerprint density at radius 2 is 1.92 bits per heavy atom. The van der Waals surface area contributed by atoms with E-state index >= 15 is 0 Å². The zero-order valence-corrected chi connectivity index (χ0v) is 15.0. The van der Waals surface area contributed by atoms with E-state index in [0.717, 1.165) is 32.7 Å². The zero-order chi connectivity index (χ0) is 17.9. The fraction of sp³-hybridized carbons (Fsp3) is 0.333. The summed E-state index contributed by atoms with van der Waals surface area (Å²) in [6, 6.07) is 16.8. The van der Waals surface area contributed by atoms with Crippen LogP contribution in [-0.4, -0.2) is 37.7 Å². The molecule has 0 radical (unpaired) electrons. The molecule has 2 heterocycles. The first-order valence-electron chi connectivity index (χ1n) is 9.23. The monoisotopic (exact) mass is 347 g/mol. The van der Waals surface area contributed by atoms with E-state index in [2.05, 4.69) is 53.2 Å². The van der Waals surface area contributed by atoms with Crippen molar-refractivity contribution in [3.8, 4) is 6.07 Å². The van der Waals surface area contributed by atoms with Crippen LogP contribution in [0, 0.1) is 11.3 Å². The molecule has 0 aliphatic carbocycles. The number of oxazole rings is 1. The number of hydrogen-bond donors (Lipinski definition) is 1. The van der Waals surface area contributed by atoms with Crippen molar-refractivity contribution >= 4 is 16.7 Å². The van der Waals surface area contributed by atoms with E-state index in [4.69, 9.17) is 4.42 Å². The van der Waals surface area contributed by atoms with Gasteiger partial charge in [-0.3, -0.25) is 0 Å². The van der Waals surface area contributed by atoms with Crippen LogP contribution in [0.25, 0.3) is 10.8 Å². The van der Waals surface area contributed by atoms with Crippen LogP contribution in [0.1, 0.15) is 24.1 Å². The molecule has 1 fully saturated rings. The van der Waals surface area contributed by atoms with Crippen LogP contribution in [0.5, 0.6) is 0 Å². The van der Waals surface area contributed by atoms with Gasteiger partial charge in [0, 0.05) is 0 Å². The predicted octanol–water partition coefficient (Wildman–Crippen LogP) is 2.02. The van der Waals surface area contributed by atoms with Gasteiger partial charge < -0.3 is 14.2 Å². The van der Waals surface area contributed by atoms with E-state index in [1.54, 1.807) is 4.90 Å². The average molecular weight is 347 g/mol. The van der Waals surface area contributed by atoms with E-state index in [1.807, 2.05) is 12.1 Å². The normalized spacial score (nSPS) is 15.3. The van der Waals surface area contributed by atoms with Crippen molar-refractivity contribution in [2.24, 2.45) is 0 Å². The fourth-order valence-electron chi connectivity index (χ4n) is 3.71. The molecule has 5 heteroatoms. The Morgan fingerprint density at radius 3 is 2.69 bits per heavy atom. The lowest BCUT2D eigenvalue weighted by molar-refractivity contribution is -0.898. The summed E-state index contributed by atoms with van der Waals surface area (Å²) >= 11 is 0. The van der Waals surface area contributed by atoms with Crippen molar-refractivity contribution in [1.82, 2.24) is 4.98 Å². The Morgan fingerprint density at radius 1 is 1.15 bits per heavy atom. The number of benzene rings is 2. The van der Waals surface area contributed by atoms with E-state index in [9.17, 15) is 5.26 Å². The Bertz CT molecular complexity index is 943. The summed E-state index contributed by atoms with van der Waals surface area (Å²) in [6.45, 7) is 7.30. The lowest BCUT2D eigenvalue weighted by atomic mass is 10.0. The smallest absolute Gasteiger partial charge is 0.235 e. The maximum Gasteiger partial charge on any atom is 0.235 e. The van der Waals surface area contributed by atoms with E-state index in [1.165, 1.54) is 16.3 Å². The van der Waals surface area contributed by atoms with Crippen molar-refractivity contribution in [1.29, 1.82) is 5.26 Å². The quantitative estimate of drug-likeness (QED) is 0.784. The number of likely N-dealkylation sites (N-methyl/N-ethyl adjacent to an activating group) is 1. The lowest BCUT2D eigenvalue weighted by Crippen LogP contribution is -3.14. The third-order valence-electron chi connectivity index (χ3n) is 5.24. The van der Waals surface area contributed by atoms with Gasteiger partial charge in [0.2, 0.25) is 17.5 Å². The fourth-order valence-corrected chi connectivity index (χ4v) is 3.71. The summed E-state index contributed by atoms with van der Waals surface area (Å²) in [4.78, 5) is 8.23. The summed E-state index contributed by atoms with van der Waals surface area (Å²) in [5, 5.41) is 11.9. The maximum absolute atomic E-state index is 9.49. The second-order valence-corrected chi connectivity index (χ2v) is 6.78. The van der Waals surface area contributed by atoms with Crippen molar-refractivity contribution in [3.63, 3.8) is 0 Å². The number of rotatable bonds is 4. The Balaban J connectivity index is 1.60. The highest BCUT2D eigenvalue weighted by atomic mass is 16.4. The Kier molecular flexibility index (Phi) is 4.59. The molecule has 26 heavy (non-hydrogen) atoms. The van der Waals surface area contributed by atoms with Gasteiger partial charge in [-0.05, 0) is 23.3 Å². The summed E-state index contributed by atoms with van der Waals surface area (Å²) in [5.74, 6) is 1.25. The predicted molar refractivity (Wildman–Crippen MR) is 101 cm³/mol. The van der Waals surface area contributed by atoms with Gasteiger partial charge >= 0.3 is 0 Å². The number of nitrogens with one attached hydrogen (secondary N) is 1. The first kappa shape index (κ1) is 16.6. The molecular formula is C21H23N4O+.